The third-order valence-electron chi connectivity index (χ3n) is 3.62. The monoisotopic (exact) mass is 370 g/mol. The normalized spacial score (nSPS) is 10.3. The fourth-order valence-corrected chi connectivity index (χ4v) is 2.23. The first-order valence-electron chi connectivity index (χ1n) is 7.86. The molecule has 0 spiro atoms. The van der Waals surface area contributed by atoms with Crippen molar-refractivity contribution in [1.29, 1.82) is 0 Å². The number of nitrogens with zero attached hydrogens (tertiary/aromatic N) is 3. The third kappa shape index (κ3) is 4.66. The summed E-state index contributed by atoms with van der Waals surface area (Å²) in [5.41, 5.74) is 0.655. The molecule has 0 atom stereocenters. The van der Waals surface area contributed by atoms with Crippen LogP contribution in [0.4, 0.5) is 15.9 Å². The molecule has 138 valence electrons. The van der Waals surface area contributed by atoms with Crippen molar-refractivity contribution < 1.29 is 18.8 Å². The number of ether oxygens (including phenoxy) is 2. The number of hydrogen-bond donors (Lipinski definition) is 1. The Bertz CT molecular complexity index is 950. The standard InChI is InChI=1S/C18H15FN4O4/c1-26-14-5-2-12(3-6-14)10-20-17-9-18(22-11-21-17)27-16-7-4-13(23(24)25)8-15(16)19/h2-9,11H,10H2,1H3,(H,20,21,22). The molecule has 0 unspecified atom stereocenters. The summed E-state index contributed by atoms with van der Waals surface area (Å²) in [6.07, 6.45) is 1.27. The average Bonchev–Trinajstić information content (AvgIpc) is 2.68. The Balaban J connectivity index is 1.67. The highest BCUT2D eigenvalue weighted by atomic mass is 19.1. The van der Waals surface area contributed by atoms with Crippen LogP contribution in [0.5, 0.6) is 17.4 Å². The molecule has 0 fully saturated rings. The topological polar surface area (TPSA) is 99.4 Å². The van der Waals surface area contributed by atoms with Crippen LogP contribution in [-0.4, -0.2) is 22.0 Å². The van der Waals surface area contributed by atoms with Crippen LogP contribution in [0, 0.1) is 15.9 Å². The first-order chi connectivity index (χ1) is 13.0. The summed E-state index contributed by atoms with van der Waals surface area (Å²) in [5.74, 6) is 0.339. The van der Waals surface area contributed by atoms with Gasteiger partial charge < -0.3 is 14.8 Å². The first-order valence-corrected chi connectivity index (χ1v) is 7.86. The summed E-state index contributed by atoms with van der Waals surface area (Å²) in [6.45, 7) is 0.506. The van der Waals surface area contributed by atoms with Gasteiger partial charge >= 0.3 is 0 Å². The number of nitro groups is 1. The van der Waals surface area contributed by atoms with Gasteiger partial charge in [-0.05, 0) is 23.8 Å². The summed E-state index contributed by atoms with van der Waals surface area (Å²) in [4.78, 5) is 18.0. The SMILES string of the molecule is COc1ccc(CNc2cc(Oc3ccc([N+](=O)[O-])cc3F)ncn2)cc1. The molecule has 0 saturated carbocycles. The van der Waals surface area contributed by atoms with Crippen LogP contribution in [0.15, 0.2) is 54.9 Å². The number of benzene rings is 2. The van der Waals surface area contributed by atoms with Crippen molar-refractivity contribution in [3.05, 3.63) is 76.4 Å². The fourth-order valence-electron chi connectivity index (χ4n) is 2.23. The van der Waals surface area contributed by atoms with Crippen LogP contribution in [0.2, 0.25) is 0 Å². The zero-order valence-electron chi connectivity index (χ0n) is 14.3. The number of rotatable bonds is 7. The van der Waals surface area contributed by atoms with Crippen molar-refractivity contribution in [3.8, 4) is 17.4 Å². The Morgan fingerprint density at radius 1 is 1.15 bits per heavy atom. The largest absolute Gasteiger partial charge is 0.497 e. The highest BCUT2D eigenvalue weighted by Crippen LogP contribution is 2.27. The third-order valence-corrected chi connectivity index (χ3v) is 3.62. The zero-order chi connectivity index (χ0) is 19.2. The Kier molecular flexibility index (Phi) is 5.41. The number of non-ortho nitro benzene ring substituents is 1. The number of nitrogens with one attached hydrogen (secondary N) is 1. The van der Waals surface area contributed by atoms with Gasteiger partial charge in [-0.15, -0.1) is 0 Å². The van der Waals surface area contributed by atoms with E-state index in [9.17, 15) is 14.5 Å². The number of aromatic nitrogens is 2. The molecule has 1 N–H and O–H groups in total. The van der Waals surface area contributed by atoms with Gasteiger partial charge in [0.2, 0.25) is 5.88 Å². The predicted molar refractivity (Wildman–Crippen MR) is 95.5 cm³/mol. The second-order valence-corrected chi connectivity index (χ2v) is 5.42. The molecule has 3 aromatic rings. The summed E-state index contributed by atoms with van der Waals surface area (Å²) < 4.78 is 24.4. The lowest BCUT2D eigenvalue weighted by Crippen LogP contribution is -2.02. The van der Waals surface area contributed by atoms with E-state index in [1.165, 1.54) is 18.5 Å². The van der Waals surface area contributed by atoms with Crippen molar-refractivity contribution in [3.63, 3.8) is 0 Å². The fraction of sp³-hybridized carbons (Fsp3) is 0.111. The van der Waals surface area contributed by atoms with Gasteiger partial charge in [0.15, 0.2) is 11.6 Å². The molecule has 3 rings (SSSR count). The molecular weight excluding hydrogens is 355 g/mol. The first kappa shape index (κ1) is 18.1. The average molecular weight is 370 g/mol. The van der Waals surface area contributed by atoms with Crippen LogP contribution in [0.1, 0.15) is 5.56 Å². The van der Waals surface area contributed by atoms with Crippen molar-refractivity contribution in [2.75, 3.05) is 12.4 Å². The summed E-state index contributed by atoms with van der Waals surface area (Å²) in [7, 11) is 1.60. The Morgan fingerprint density at radius 2 is 1.93 bits per heavy atom. The Hall–Kier alpha value is -3.75. The highest BCUT2D eigenvalue weighted by Gasteiger charge is 2.13. The van der Waals surface area contributed by atoms with Crippen molar-refractivity contribution in [2.24, 2.45) is 0 Å². The smallest absolute Gasteiger partial charge is 0.272 e. The van der Waals surface area contributed by atoms with Gasteiger partial charge in [0, 0.05) is 18.7 Å². The molecule has 0 amide bonds. The van der Waals surface area contributed by atoms with E-state index in [0.717, 1.165) is 23.4 Å². The lowest BCUT2D eigenvalue weighted by atomic mass is 10.2. The van der Waals surface area contributed by atoms with Crippen LogP contribution >= 0.6 is 0 Å². The lowest BCUT2D eigenvalue weighted by Gasteiger charge is -2.09. The summed E-state index contributed by atoms with van der Waals surface area (Å²) in [6, 6.07) is 12.2. The molecular formula is C18H15FN4O4. The van der Waals surface area contributed by atoms with E-state index >= 15 is 0 Å². The van der Waals surface area contributed by atoms with Gasteiger partial charge in [0.05, 0.1) is 18.1 Å². The van der Waals surface area contributed by atoms with Crippen LogP contribution in [0.3, 0.4) is 0 Å². The number of halogens is 1. The molecule has 0 aliphatic rings. The highest BCUT2D eigenvalue weighted by molar-refractivity contribution is 5.42. The Labute approximate surface area is 153 Å². The van der Waals surface area contributed by atoms with E-state index in [4.69, 9.17) is 9.47 Å². The van der Waals surface area contributed by atoms with Gasteiger partial charge in [-0.3, -0.25) is 10.1 Å². The predicted octanol–water partition coefficient (Wildman–Crippen LogP) is 3.94. The maximum Gasteiger partial charge on any atom is 0.272 e. The molecule has 0 aliphatic heterocycles. The molecule has 1 heterocycles. The summed E-state index contributed by atoms with van der Waals surface area (Å²) >= 11 is 0. The second kappa shape index (κ2) is 8.09. The maximum atomic E-state index is 13.9. The number of methoxy groups -OCH3 is 1. The molecule has 0 aliphatic carbocycles. The molecule has 0 radical (unpaired) electrons. The van der Waals surface area contributed by atoms with E-state index in [1.807, 2.05) is 24.3 Å². The van der Waals surface area contributed by atoms with Crippen molar-refractivity contribution in [2.45, 2.75) is 6.54 Å². The van der Waals surface area contributed by atoms with Gasteiger partial charge in [-0.25, -0.2) is 14.4 Å². The maximum absolute atomic E-state index is 13.9. The molecule has 9 heteroatoms. The van der Waals surface area contributed by atoms with Crippen LogP contribution in [0.25, 0.3) is 0 Å². The minimum atomic E-state index is -0.851. The lowest BCUT2D eigenvalue weighted by molar-refractivity contribution is -0.385. The van der Waals surface area contributed by atoms with E-state index in [2.05, 4.69) is 15.3 Å². The van der Waals surface area contributed by atoms with Crippen molar-refractivity contribution in [1.82, 2.24) is 9.97 Å². The number of nitro benzene ring substituents is 1. The van der Waals surface area contributed by atoms with E-state index in [-0.39, 0.29) is 17.3 Å². The van der Waals surface area contributed by atoms with E-state index in [1.54, 1.807) is 7.11 Å². The quantitative estimate of drug-likeness (QED) is 0.497. The van der Waals surface area contributed by atoms with Gasteiger partial charge in [0.25, 0.3) is 5.69 Å². The molecule has 8 nitrogen and oxygen atoms in total. The van der Waals surface area contributed by atoms with Gasteiger partial charge in [-0.2, -0.15) is 0 Å². The van der Waals surface area contributed by atoms with E-state index in [0.29, 0.717) is 12.4 Å². The minimum absolute atomic E-state index is 0.106. The summed E-state index contributed by atoms with van der Waals surface area (Å²) in [5, 5.41) is 13.8. The molecule has 2 aromatic carbocycles. The van der Waals surface area contributed by atoms with Gasteiger partial charge in [-0.1, -0.05) is 12.1 Å². The minimum Gasteiger partial charge on any atom is -0.497 e. The van der Waals surface area contributed by atoms with Crippen LogP contribution < -0.4 is 14.8 Å². The van der Waals surface area contributed by atoms with Crippen molar-refractivity contribution >= 4 is 11.5 Å². The van der Waals surface area contributed by atoms with E-state index < -0.39 is 10.7 Å². The molecule has 1 aromatic heterocycles. The molecule has 0 bridgehead atoms. The Morgan fingerprint density at radius 3 is 2.59 bits per heavy atom. The molecule has 0 saturated heterocycles. The number of hydrogen-bond acceptors (Lipinski definition) is 7. The second-order valence-electron chi connectivity index (χ2n) is 5.42. The van der Waals surface area contributed by atoms with Gasteiger partial charge in [0.1, 0.15) is 17.9 Å². The zero-order valence-corrected chi connectivity index (χ0v) is 14.3. The molecule has 27 heavy (non-hydrogen) atoms. The number of anilines is 1. The van der Waals surface area contributed by atoms with Crippen LogP contribution in [-0.2, 0) is 6.54 Å².